The summed E-state index contributed by atoms with van der Waals surface area (Å²) in [6.45, 7) is 8.33. The SMILES string of the molecule is CCc1cnnc(C(C)(C)C)n1. The van der Waals surface area contributed by atoms with Crippen molar-refractivity contribution in [3.05, 3.63) is 17.7 Å². The van der Waals surface area contributed by atoms with Gasteiger partial charge in [-0.25, -0.2) is 4.98 Å². The molecule has 0 fully saturated rings. The Morgan fingerprint density at radius 1 is 1.33 bits per heavy atom. The number of hydrogen-bond acceptors (Lipinski definition) is 3. The summed E-state index contributed by atoms with van der Waals surface area (Å²) in [5.41, 5.74) is 1.01. The minimum atomic E-state index is -0.00181. The van der Waals surface area contributed by atoms with Gasteiger partial charge in [0.1, 0.15) is 0 Å². The van der Waals surface area contributed by atoms with Crippen LogP contribution in [0.1, 0.15) is 39.2 Å². The molecule has 0 unspecified atom stereocenters. The average molecular weight is 165 g/mol. The zero-order valence-corrected chi connectivity index (χ0v) is 8.13. The number of hydrogen-bond donors (Lipinski definition) is 0. The minimum Gasteiger partial charge on any atom is -0.234 e. The maximum atomic E-state index is 4.39. The predicted molar refractivity (Wildman–Crippen MR) is 47.9 cm³/mol. The third-order valence-electron chi connectivity index (χ3n) is 1.64. The average Bonchev–Trinajstić information content (AvgIpc) is 2.03. The third kappa shape index (κ3) is 2.00. The van der Waals surface area contributed by atoms with Crippen molar-refractivity contribution in [2.75, 3.05) is 0 Å². The van der Waals surface area contributed by atoms with Gasteiger partial charge >= 0.3 is 0 Å². The lowest BCUT2D eigenvalue weighted by molar-refractivity contribution is 0.528. The number of aromatic nitrogens is 3. The molecule has 66 valence electrons. The molecule has 0 N–H and O–H groups in total. The Hall–Kier alpha value is -0.990. The highest BCUT2D eigenvalue weighted by molar-refractivity contribution is 5.03. The number of aryl methyl sites for hydroxylation is 1. The van der Waals surface area contributed by atoms with Gasteiger partial charge in [-0.05, 0) is 6.42 Å². The van der Waals surface area contributed by atoms with Crippen molar-refractivity contribution < 1.29 is 0 Å². The summed E-state index contributed by atoms with van der Waals surface area (Å²) in [6, 6.07) is 0. The molecule has 12 heavy (non-hydrogen) atoms. The molecule has 3 heteroatoms. The van der Waals surface area contributed by atoms with Gasteiger partial charge in [0.2, 0.25) is 0 Å². The van der Waals surface area contributed by atoms with E-state index in [9.17, 15) is 0 Å². The van der Waals surface area contributed by atoms with Gasteiger partial charge in [0.15, 0.2) is 5.82 Å². The molecule has 0 aromatic carbocycles. The molecule has 0 spiro atoms. The fraction of sp³-hybridized carbons (Fsp3) is 0.667. The first kappa shape index (κ1) is 9.10. The van der Waals surface area contributed by atoms with E-state index in [2.05, 4.69) is 42.9 Å². The molecule has 1 aromatic heterocycles. The van der Waals surface area contributed by atoms with E-state index in [1.165, 1.54) is 0 Å². The quantitative estimate of drug-likeness (QED) is 0.636. The van der Waals surface area contributed by atoms with Crippen LogP contribution in [0.2, 0.25) is 0 Å². The molecule has 1 rings (SSSR count). The van der Waals surface area contributed by atoms with E-state index in [0.29, 0.717) is 0 Å². The first-order valence-electron chi connectivity index (χ1n) is 4.23. The van der Waals surface area contributed by atoms with Gasteiger partial charge in [0.05, 0.1) is 11.9 Å². The van der Waals surface area contributed by atoms with Gasteiger partial charge in [-0.3, -0.25) is 0 Å². The van der Waals surface area contributed by atoms with Gasteiger partial charge in [0, 0.05) is 5.41 Å². The van der Waals surface area contributed by atoms with Crippen molar-refractivity contribution in [3.8, 4) is 0 Å². The molecule has 0 amide bonds. The maximum absolute atomic E-state index is 4.39. The van der Waals surface area contributed by atoms with Crippen LogP contribution in [-0.4, -0.2) is 15.2 Å². The summed E-state index contributed by atoms with van der Waals surface area (Å²) < 4.78 is 0. The second-order valence-corrected chi connectivity index (χ2v) is 3.87. The van der Waals surface area contributed by atoms with Crippen LogP contribution in [0.15, 0.2) is 6.20 Å². The van der Waals surface area contributed by atoms with Crippen molar-refractivity contribution in [2.24, 2.45) is 0 Å². The highest BCUT2D eigenvalue weighted by atomic mass is 15.1. The smallest absolute Gasteiger partial charge is 0.156 e. The fourth-order valence-electron chi connectivity index (χ4n) is 0.826. The molecule has 0 atom stereocenters. The minimum absolute atomic E-state index is 0.00181. The topological polar surface area (TPSA) is 38.7 Å². The lowest BCUT2D eigenvalue weighted by atomic mass is 9.96. The highest BCUT2D eigenvalue weighted by Gasteiger charge is 2.17. The van der Waals surface area contributed by atoms with E-state index >= 15 is 0 Å². The summed E-state index contributed by atoms with van der Waals surface area (Å²) in [5.74, 6) is 0.821. The highest BCUT2D eigenvalue weighted by Crippen LogP contribution is 2.16. The Morgan fingerprint density at radius 2 is 2.00 bits per heavy atom. The van der Waals surface area contributed by atoms with Crippen molar-refractivity contribution in [2.45, 2.75) is 39.5 Å². The standard InChI is InChI=1S/C9H15N3/c1-5-7-6-10-12-8(11-7)9(2,3)4/h6H,5H2,1-4H3. The first-order chi connectivity index (χ1) is 5.54. The Kier molecular flexibility index (Phi) is 2.40. The van der Waals surface area contributed by atoms with Crippen molar-refractivity contribution >= 4 is 0 Å². The van der Waals surface area contributed by atoms with Gasteiger partial charge in [-0.15, -0.1) is 5.10 Å². The lowest BCUT2D eigenvalue weighted by Crippen LogP contribution is -2.17. The zero-order valence-electron chi connectivity index (χ0n) is 8.13. The molecule has 0 aliphatic carbocycles. The molecule has 0 aliphatic heterocycles. The van der Waals surface area contributed by atoms with E-state index in [-0.39, 0.29) is 5.41 Å². The molecule has 3 nitrogen and oxygen atoms in total. The van der Waals surface area contributed by atoms with Crippen LogP contribution >= 0.6 is 0 Å². The van der Waals surface area contributed by atoms with Gasteiger partial charge in [-0.2, -0.15) is 5.10 Å². The normalized spacial score (nSPS) is 11.7. The first-order valence-corrected chi connectivity index (χ1v) is 4.23. The van der Waals surface area contributed by atoms with E-state index < -0.39 is 0 Å². The molecule has 0 saturated carbocycles. The lowest BCUT2D eigenvalue weighted by Gasteiger charge is -2.15. The summed E-state index contributed by atoms with van der Waals surface area (Å²) in [5, 5.41) is 7.91. The van der Waals surface area contributed by atoms with Crippen molar-refractivity contribution in [3.63, 3.8) is 0 Å². The van der Waals surface area contributed by atoms with Crippen molar-refractivity contribution in [1.29, 1.82) is 0 Å². The van der Waals surface area contributed by atoms with Crippen LogP contribution in [0.25, 0.3) is 0 Å². The summed E-state index contributed by atoms with van der Waals surface area (Å²) >= 11 is 0. The Balaban J connectivity index is 3.02. The van der Waals surface area contributed by atoms with Gasteiger partial charge in [0.25, 0.3) is 0 Å². The van der Waals surface area contributed by atoms with E-state index in [4.69, 9.17) is 0 Å². The second-order valence-electron chi connectivity index (χ2n) is 3.87. The summed E-state index contributed by atoms with van der Waals surface area (Å²) in [4.78, 5) is 4.39. The van der Waals surface area contributed by atoms with Crippen LogP contribution in [-0.2, 0) is 11.8 Å². The Labute approximate surface area is 73.2 Å². The molecular weight excluding hydrogens is 150 g/mol. The van der Waals surface area contributed by atoms with Gasteiger partial charge in [-0.1, -0.05) is 27.7 Å². The Morgan fingerprint density at radius 3 is 2.50 bits per heavy atom. The molecule has 0 saturated heterocycles. The molecule has 0 radical (unpaired) electrons. The fourth-order valence-corrected chi connectivity index (χ4v) is 0.826. The Bertz CT molecular complexity index is 263. The molecule has 1 heterocycles. The maximum Gasteiger partial charge on any atom is 0.156 e. The molecular formula is C9H15N3. The third-order valence-corrected chi connectivity index (χ3v) is 1.64. The van der Waals surface area contributed by atoms with Crippen LogP contribution in [0.5, 0.6) is 0 Å². The van der Waals surface area contributed by atoms with Crippen LogP contribution < -0.4 is 0 Å². The van der Waals surface area contributed by atoms with E-state index in [1.54, 1.807) is 6.20 Å². The molecule has 0 aliphatic rings. The zero-order chi connectivity index (χ0) is 9.19. The molecule has 0 bridgehead atoms. The second kappa shape index (κ2) is 3.17. The van der Waals surface area contributed by atoms with Gasteiger partial charge < -0.3 is 0 Å². The predicted octanol–water partition coefficient (Wildman–Crippen LogP) is 1.73. The van der Waals surface area contributed by atoms with Crippen LogP contribution in [0.3, 0.4) is 0 Å². The number of rotatable bonds is 1. The molecule has 1 aromatic rings. The van der Waals surface area contributed by atoms with Crippen molar-refractivity contribution in [1.82, 2.24) is 15.2 Å². The largest absolute Gasteiger partial charge is 0.234 e. The van der Waals surface area contributed by atoms with E-state index in [1.807, 2.05) is 0 Å². The number of nitrogens with zero attached hydrogens (tertiary/aromatic N) is 3. The van der Waals surface area contributed by atoms with Crippen LogP contribution in [0, 0.1) is 0 Å². The summed E-state index contributed by atoms with van der Waals surface area (Å²) in [7, 11) is 0. The monoisotopic (exact) mass is 165 g/mol. The van der Waals surface area contributed by atoms with E-state index in [0.717, 1.165) is 17.9 Å². The van der Waals surface area contributed by atoms with Crippen LogP contribution in [0.4, 0.5) is 0 Å². The summed E-state index contributed by atoms with van der Waals surface area (Å²) in [6.07, 6.45) is 2.63.